The molecule has 1 heterocycles. The largest absolute Gasteiger partial charge is 0.508 e. The average Bonchev–Trinajstić information content (AvgIpc) is 2.63. The molecule has 5 heteroatoms. The number of pyridine rings is 1. The quantitative estimate of drug-likeness (QED) is 0.474. The van der Waals surface area contributed by atoms with E-state index in [1.807, 2.05) is 0 Å². The van der Waals surface area contributed by atoms with Gasteiger partial charge in [0.1, 0.15) is 17.3 Å². The maximum Gasteiger partial charge on any atom is 0.123 e. The highest BCUT2D eigenvalue weighted by Crippen LogP contribution is 2.41. The summed E-state index contributed by atoms with van der Waals surface area (Å²) < 4.78 is 13.4. The number of hydrogen-bond acceptors (Lipinski definition) is 3. The van der Waals surface area contributed by atoms with Crippen LogP contribution in [0.15, 0.2) is 66.7 Å². The van der Waals surface area contributed by atoms with Crippen molar-refractivity contribution in [2.45, 2.75) is 0 Å². The lowest BCUT2D eigenvalue weighted by Gasteiger charge is -2.14. The molecule has 2 N–H and O–H groups in total. The molecule has 0 aliphatic rings. The van der Waals surface area contributed by atoms with Gasteiger partial charge in [0.15, 0.2) is 0 Å². The van der Waals surface area contributed by atoms with Crippen LogP contribution >= 0.6 is 11.6 Å². The second-order valence-electron chi connectivity index (χ2n) is 5.90. The maximum absolute atomic E-state index is 13.4. The van der Waals surface area contributed by atoms with Crippen molar-refractivity contribution >= 4 is 22.5 Å². The fourth-order valence-corrected chi connectivity index (χ4v) is 3.30. The van der Waals surface area contributed by atoms with E-state index >= 15 is 0 Å². The molecule has 26 heavy (non-hydrogen) atoms. The highest BCUT2D eigenvalue weighted by molar-refractivity contribution is 6.37. The minimum Gasteiger partial charge on any atom is -0.508 e. The summed E-state index contributed by atoms with van der Waals surface area (Å²) in [5, 5.41) is 20.5. The lowest BCUT2D eigenvalue weighted by Crippen LogP contribution is -1.93. The second kappa shape index (κ2) is 6.32. The van der Waals surface area contributed by atoms with E-state index in [0.717, 1.165) is 11.1 Å². The Morgan fingerprint density at radius 2 is 1.38 bits per heavy atom. The predicted octanol–water partition coefficient (Wildman–Crippen LogP) is 5.77. The number of halogens is 2. The Labute approximate surface area is 154 Å². The summed E-state index contributed by atoms with van der Waals surface area (Å²) in [5.74, 6) is -0.102. The molecule has 3 nitrogen and oxygen atoms in total. The molecule has 0 saturated heterocycles. The van der Waals surface area contributed by atoms with Crippen molar-refractivity contribution in [1.29, 1.82) is 0 Å². The molecular formula is C21H13ClFNO2. The third-order valence-corrected chi connectivity index (χ3v) is 4.55. The summed E-state index contributed by atoms with van der Waals surface area (Å²) in [6, 6.07) is 17.4. The van der Waals surface area contributed by atoms with Crippen molar-refractivity contribution in [2.24, 2.45) is 0 Å². The Kier molecular flexibility index (Phi) is 3.98. The second-order valence-corrected chi connectivity index (χ2v) is 6.28. The molecule has 1 aromatic heterocycles. The smallest absolute Gasteiger partial charge is 0.123 e. The molecule has 0 unspecified atom stereocenters. The first-order valence-corrected chi connectivity index (χ1v) is 8.28. The molecule has 3 aromatic carbocycles. The minimum absolute atomic E-state index is 0.0936. The van der Waals surface area contributed by atoms with Crippen molar-refractivity contribution in [3.05, 3.63) is 77.6 Å². The van der Waals surface area contributed by atoms with Gasteiger partial charge in [-0.15, -0.1) is 0 Å². The molecule has 128 valence electrons. The molecule has 0 amide bonds. The summed E-state index contributed by atoms with van der Waals surface area (Å²) in [6.45, 7) is 0. The molecule has 0 fully saturated rings. The third-order valence-electron chi connectivity index (χ3n) is 4.18. The van der Waals surface area contributed by atoms with Crippen LogP contribution in [0.4, 0.5) is 4.39 Å². The van der Waals surface area contributed by atoms with Crippen molar-refractivity contribution < 1.29 is 14.6 Å². The number of fused-ring (bicyclic) bond motifs is 1. The van der Waals surface area contributed by atoms with E-state index in [4.69, 9.17) is 11.6 Å². The first-order chi connectivity index (χ1) is 12.5. The van der Waals surface area contributed by atoms with Gasteiger partial charge in [-0.1, -0.05) is 23.7 Å². The Morgan fingerprint density at radius 3 is 2.08 bits per heavy atom. The Balaban J connectivity index is 2.06. The van der Waals surface area contributed by atoms with E-state index in [1.54, 1.807) is 54.6 Å². The Bertz CT molecular complexity index is 1110. The summed E-state index contributed by atoms with van der Waals surface area (Å²) in [4.78, 5) is 4.62. The van der Waals surface area contributed by atoms with E-state index < -0.39 is 0 Å². The molecule has 0 radical (unpaired) electrons. The molecule has 4 aromatic rings. The molecule has 0 aliphatic heterocycles. The molecule has 0 aliphatic carbocycles. The summed E-state index contributed by atoms with van der Waals surface area (Å²) in [7, 11) is 0. The Hall–Kier alpha value is -3.11. The van der Waals surface area contributed by atoms with E-state index in [0.29, 0.717) is 27.2 Å². The lowest BCUT2D eigenvalue weighted by atomic mass is 9.98. The highest BCUT2D eigenvalue weighted by atomic mass is 35.5. The molecule has 0 spiro atoms. The molecule has 4 rings (SSSR count). The summed E-state index contributed by atoms with van der Waals surface area (Å²) in [6.07, 6.45) is 0. The highest BCUT2D eigenvalue weighted by Gasteiger charge is 2.17. The zero-order valence-corrected chi connectivity index (χ0v) is 14.2. The van der Waals surface area contributed by atoms with E-state index in [2.05, 4.69) is 4.98 Å². The number of aromatic hydroxyl groups is 2. The standard InChI is InChI=1S/C21H13ClFNO2/c22-20-19(12-1-5-14(23)6-2-12)17-11-16(26)9-10-18(17)24-21(20)13-3-7-15(25)8-4-13/h1-11,25-26H. The zero-order chi connectivity index (χ0) is 18.3. The fraction of sp³-hybridized carbons (Fsp3) is 0. The summed E-state index contributed by atoms with van der Waals surface area (Å²) in [5.41, 5.74) is 3.31. The Morgan fingerprint density at radius 1 is 0.769 bits per heavy atom. The number of rotatable bonds is 2. The SMILES string of the molecule is Oc1ccc(-c2nc3ccc(O)cc3c(-c3ccc(F)cc3)c2Cl)cc1. The van der Waals surface area contributed by atoms with E-state index in [9.17, 15) is 14.6 Å². The lowest BCUT2D eigenvalue weighted by molar-refractivity contribution is 0.475. The van der Waals surface area contributed by atoms with Crippen LogP contribution in [0.25, 0.3) is 33.3 Å². The monoisotopic (exact) mass is 365 g/mol. The van der Waals surface area contributed by atoms with Crippen LogP contribution in [0.2, 0.25) is 5.02 Å². The van der Waals surface area contributed by atoms with Crippen LogP contribution in [0.5, 0.6) is 11.5 Å². The van der Waals surface area contributed by atoms with Crippen LogP contribution in [0.1, 0.15) is 0 Å². The van der Waals surface area contributed by atoms with Gasteiger partial charge >= 0.3 is 0 Å². The van der Waals surface area contributed by atoms with Gasteiger partial charge < -0.3 is 10.2 Å². The van der Waals surface area contributed by atoms with Gasteiger partial charge in [-0.05, 0) is 60.2 Å². The number of hydrogen-bond donors (Lipinski definition) is 2. The topological polar surface area (TPSA) is 53.4 Å². The van der Waals surface area contributed by atoms with Gasteiger partial charge in [-0.2, -0.15) is 0 Å². The van der Waals surface area contributed by atoms with E-state index in [-0.39, 0.29) is 17.3 Å². The summed E-state index contributed by atoms with van der Waals surface area (Å²) >= 11 is 6.69. The molecule has 0 atom stereocenters. The number of phenolic OH excluding ortho intramolecular Hbond substituents is 2. The third kappa shape index (κ3) is 2.85. The van der Waals surface area contributed by atoms with Crippen molar-refractivity contribution in [3.63, 3.8) is 0 Å². The number of benzene rings is 3. The van der Waals surface area contributed by atoms with E-state index in [1.165, 1.54) is 12.1 Å². The average molecular weight is 366 g/mol. The predicted molar refractivity (Wildman–Crippen MR) is 101 cm³/mol. The van der Waals surface area contributed by atoms with Gasteiger partial charge in [-0.25, -0.2) is 9.37 Å². The number of nitrogens with zero attached hydrogens (tertiary/aromatic N) is 1. The molecule has 0 saturated carbocycles. The van der Waals surface area contributed by atoms with Gasteiger partial charge in [-0.3, -0.25) is 0 Å². The maximum atomic E-state index is 13.4. The van der Waals surface area contributed by atoms with Gasteiger partial charge in [0, 0.05) is 16.5 Å². The van der Waals surface area contributed by atoms with Crippen molar-refractivity contribution in [2.75, 3.05) is 0 Å². The normalized spacial score (nSPS) is 11.0. The van der Waals surface area contributed by atoms with Crippen LogP contribution in [0, 0.1) is 5.82 Å². The van der Waals surface area contributed by atoms with Crippen molar-refractivity contribution in [3.8, 4) is 33.9 Å². The van der Waals surface area contributed by atoms with Crippen LogP contribution in [0.3, 0.4) is 0 Å². The van der Waals surface area contributed by atoms with Crippen LogP contribution in [-0.2, 0) is 0 Å². The van der Waals surface area contributed by atoms with Gasteiger partial charge in [0.2, 0.25) is 0 Å². The molecule has 0 bridgehead atoms. The van der Waals surface area contributed by atoms with Gasteiger partial charge in [0.05, 0.1) is 16.2 Å². The number of aromatic nitrogens is 1. The fourth-order valence-electron chi connectivity index (χ4n) is 2.94. The first-order valence-electron chi connectivity index (χ1n) is 7.90. The first kappa shape index (κ1) is 16.4. The molecular weight excluding hydrogens is 353 g/mol. The van der Waals surface area contributed by atoms with Crippen molar-refractivity contribution in [1.82, 2.24) is 4.98 Å². The van der Waals surface area contributed by atoms with Gasteiger partial charge in [0.25, 0.3) is 0 Å². The minimum atomic E-state index is -0.343. The van der Waals surface area contributed by atoms with Crippen LogP contribution in [-0.4, -0.2) is 15.2 Å². The van der Waals surface area contributed by atoms with Crippen LogP contribution < -0.4 is 0 Å². The zero-order valence-electron chi connectivity index (χ0n) is 13.4. The number of phenols is 2.